The molecule has 19 heavy (non-hydrogen) atoms. The summed E-state index contributed by atoms with van der Waals surface area (Å²) in [4.78, 5) is 5.34. The molecule has 0 fully saturated rings. The predicted octanol–water partition coefficient (Wildman–Crippen LogP) is 4.01. The number of aromatic nitrogens is 2. The van der Waals surface area contributed by atoms with Crippen molar-refractivity contribution in [2.75, 3.05) is 0 Å². The van der Waals surface area contributed by atoms with Crippen LogP contribution in [0.25, 0.3) is 4.96 Å². The Morgan fingerprint density at radius 3 is 3.05 bits per heavy atom. The lowest BCUT2D eigenvalue weighted by molar-refractivity contribution is 0.300. The second-order valence-electron chi connectivity index (χ2n) is 4.04. The number of hydrogen-bond acceptors (Lipinski definition) is 3. The van der Waals surface area contributed by atoms with E-state index in [0.29, 0.717) is 17.7 Å². The van der Waals surface area contributed by atoms with Crippen LogP contribution < -0.4 is 4.74 Å². The van der Waals surface area contributed by atoms with E-state index >= 15 is 0 Å². The lowest BCUT2D eigenvalue weighted by Crippen LogP contribution is -1.97. The topological polar surface area (TPSA) is 26.5 Å². The second-order valence-corrected chi connectivity index (χ2v) is 5.48. The molecule has 3 aromatic rings. The van der Waals surface area contributed by atoms with Crippen LogP contribution in [0.3, 0.4) is 0 Å². The number of nitrogens with zero attached hydrogens (tertiary/aromatic N) is 2. The first-order valence-corrected chi connectivity index (χ1v) is 7.64. The van der Waals surface area contributed by atoms with Crippen LogP contribution in [-0.4, -0.2) is 9.38 Å². The van der Waals surface area contributed by atoms with Gasteiger partial charge in [0.15, 0.2) is 4.96 Å². The minimum absolute atomic E-state index is 0.294. The van der Waals surface area contributed by atoms with E-state index in [1.807, 2.05) is 28.2 Å². The van der Waals surface area contributed by atoms with E-state index < -0.39 is 0 Å². The van der Waals surface area contributed by atoms with E-state index in [2.05, 4.69) is 20.9 Å². The molecule has 2 heterocycles. The van der Waals surface area contributed by atoms with Crippen molar-refractivity contribution in [3.8, 4) is 5.75 Å². The third-order valence-electron chi connectivity index (χ3n) is 2.62. The van der Waals surface area contributed by atoms with E-state index in [9.17, 15) is 4.39 Å². The number of ether oxygens (including phenoxy) is 1. The molecule has 1 aromatic carbocycles. The Hall–Kier alpha value is -1.40. The molecule has 0 radical (unpaired) electrons. The SMILES string of the molecule is Fc1cc(CBr)cc(OCc2cn3ccsc3n2)c1. The van der Waals surface area contributed by atoms with Crippen LogP contribution in [0.2, 0.25) is 0 Å². The summed E-state index contributed by atoms with van der Waals surface area (Å²) in [7, 11) is 0. The number of fused-ring (bicyclic) bond motifs is 1. The average molecular weight is 341 g/mol. The molecule has 0 aliphatic rings. The van der Waals surface area contributed by atoms with Crippen LogP contribution in [0.4, 0.5) is 4.39 Å². The molecule has 2 aromatic heterocycles. The molecule has 0 aliphatic carbocycles. The minimum Gasteiger partial charge on any atom is -0.487 e. The number of thiazole rings is 1. The van der Waals surface area contributed by atoms with E-state index in [4.69, 9.17) is 4.74 Å². The molecule has 6 heteroatoms. The zero-order valence-corrected chi connectivity index (χ0v) is 12.2. The van der Waals surface area contributed by atoms with Gasteiger partial charge in [-0.05, 0) is 17.7 Å². The van der Waals surface area contributed by atoms with Gasteiger partial charge in [-0.25, -0.2) is 9.37 Å². The van der Waals surface area contributed by atoms with Gasteiger partial charge >= 0.3 is 0 Å². The number of alkyl halides is 1. The van der Waals surface area contributed by atoms with Crippen LogP contribution >= 0.6 is 27.3 Å². The van der Waals surface area contributed by atoms with Crippen molar-refractivity contribution in [2.45, 2.75) is 11.9 Å². The number of halogens is 2. The van der Waals surface area contributed by atoms with E-state index in [0.717, 1.165) is 16.2 Å². The van der Waals surface area contributed by atoms with Crippen molar-refractivity contribution in [1.29, 1.82) is 0 Å². The summed E-state index contributed by atoms with van der Waals surface area (Å²) in [6, 6.07) is 4.68. The highest BCUT2D eigenvalue weighted by Crippen LogP contribution is 2.20. The van der Waals surface area contributed by atoms with Gasteiger partial charge in [0.25, 0.3) is 0 Å². The second kappa shape index (κ2) is 5.30. The average Bonchev–Trinajstić information content (AvgIpc) is 2.96. The zero-order valence-electron chi connectivity index (χ0n) is 9.85. The van der Waals surface area contributed by atoms with Crippen LogP contribution in [0, 0.1) is 5.82 Å². The van der Waals surface area contributed by atoms with Gasteiger partial charge < -0.3 is 4.74 Å². The van der Waals surface area contributed by atoms with Gasteiger partial charge in [0.2, 0.25) is 0 Å². The molecule has 0 amide bonds. The summed E-state index contributed by atoms with van der Waals surface area (Å²) < 4.78 is 20.9. The first kappa shape index (κ1) is 12.6. The van der Waals surface area contributed by atoms with Crippen molar-refractivity contribution in [3.05, 3.63) is 53.0 Å². The summed E-state index contributed by atoms with van der Waals surface area (Å²) in [6.07, 6.45) is 3.86. The Bertz CT molecular complexity index is 681. The van der Waals surface area contributed by atoms with Crippen LogP contribution in [0.1, 0.15) is 11.3 Å². The van der Waals surface area contributed by atoms with Crippen molar-refractivity contribution >= 4 is 32.2 Å². The van der Waals surface area contributed by atoms with Crippen molar-refractivity contribution < 1.29 is 9.13 Å². The van der Waals surface area contributed by atoms with Gasteiger partial charge in [0.1, 0.15) is 18.2 Å². The van der Waals surface area contributed by atoms with Crippen molar-refractivity contribution in [2.24, 2.45) is 0 Å². The Morgan fingerprint density at radius 2 is 2.26 bits per heavy atom. The molecule has 0 saturated carbocycles. The smallest absolute Gasteiger partial charge is 0.193 e. The Kier molecular flexibility index (Phi) is 3.52. The molecule has 0 bridgehead atoms. The van der Waals surface area contributed by atoms with Crippen molar-refractivity contribution in [1.82, 2.24) is 9.38 Å². The molecule has 0 atom stereocenters. The third-order valence-corrected chi connectivity index (χ3v) is 4.03. The Morgan fingerprint density at radius 1 is 1.37 bits per heavy atom. The quantitative estimate of drug-likeness (QED) is 0.671. The first-order chi connectivity index (χ1) is 9.24. The fourth-order valence-electron chi connectivity index (χ4n) is 1.78. The van der Waals surface area contributed by atoms with E-state index in [-0.39, 0.29) is 5.82 Å². The molecule has 3 nitrogen and oxygen atoms in total. The maximum absolute atomic E-state index is 13.3. The molecule has 0 unspecified atom stereocenters. The summed E-state index contributed by atoms with van der Waals surface area (Å²) >= 11 is 4.87. The minimum atomic E-state index is -0.294. The van der Waals surface area contributed by atoms with Gasteiger partial charge in [-0.2, -0.15) is 0 Å². The Labute approximate surface area is 121 Å². The van der Waals surface area contributed by atoms with Gasteiger partial charge in [-0.3, -0.25) is 4.40 Å². The lowest BCUT2D eigenvalue weighted by atomic mass is 10.2. The standard InChI is InChI=1S/C13H10BrFN2OS/c14-6-9-3-10(15)5-12(4-9)18-8-11-7-17-1-2-19-13(17)16-11/h1-5,7H,6,8H2. The molecular weight excluding hydrogens is 331 g/mol. The molecular formula is C13H10BrFN2OS. The number of imidazole rings is 1. The van der Waals surface area contributed by atoms with Gasteiger partial charge in [-0.1, -0.05) is 15.9 Å². The van der Waals surface area contributed by atoms with Crippen molar-refractivity contribution in [3.63, 3.8) is 0 Å². The number of rotatable bonds is 4. The molecule has 98 valence electrons. The van der Waals surface area contributed by atoms with Crippen LogP contribution in [0.5, 0.6) is 5.75 Å². The van der Waals surface area contributed by atoms with Crippen LogP contribution in [0.15, 0.2) is 36.0 Å². The van der Waals surface area contributed by atoms with Gasteiger partial charge in [-0.15, -0.1) is 11.3 Å². The lowest BCUT2D eigenvalue weighted by Gasteiger charge is -2.06. The first-order valence-electron chi connectivity index (χ1n) is 5.64. The maximum atomic E-state index is 13.3. The molecule has 0 aliphatic heterocycles. The fourth-order valence-corrected chi connectivity index (χ4v) is 2.83. The molecule has 0 spiro atoms. The summed E-state index contributed by atoms with van der Waals surface area (Å²) in [6.45, 7) is 0.333. The van der Waals surface area contributed by atoms with E-state index in [1.54, 1.807) is 11.3 Å². The highest BCUT2D eigenvalue weighted by atomic mass is 79.9. The summed E-state index contributed by atoms with van der Waals surface area (Å²) in [5.41, 5.74) is 1.68. The molecule has 0 N–H and O–H groups in total. The highest BCUT2D eigenvalue weighted by molar-refractivity contribution is 9.08. The fraction of sp³-hybridized carbons (Fsp3) is 0.154. The molecule has 0 saturated heterocycles. The summed E-state index contributed by atoms with van der Waals surface area (Å²) in [5, 5.41) is 2.57. The van der Waals surface area contributed by atoms with Gasteiger partial charge in [0.05, 0.1) is 5.69 Å². The summed E-state index contributed by atoms with van der Waals surface area (Å²) in [5.74, 6) is 0.226. The van der Waals surface area contributed by atoms with Crippen LogP contribution in [-0.2, 0) is 11.9 Å². The largest absolute Gasteiger partial charge is 0.487 e. The number of benzene rings is 1. The zero-order chi connectivity index (χ0) is 13.2. The maximum Gasteiger partial charge on any atom is 0.193 e. The predicted molar refractivity (Wildman–Crippen MR) is 76.4 cm³/mol. The monoisotopic (exact) mass is 340 g/mol. The highest BCUT2D eigenvalue weighted by Gasteiger charge is 2.05. The van der Waals surface area contributed by atoms with Gasteiger partial charge in [0, 0.05) is 29.2 Å². The third kappa shape index (κ3) is 2.79. The normalized spacial score (nSPS) is 11.1. The molecule has 3 rings (SSSR count). The van der Waals surface area contributed by atoms with E-state index in [1.165, 1.54) is 12.1 Å². The number of hydrogen-bond donors (Lipinski definition) is 0. The Balaban J connectivity index is 1.75.